The van der Waals surface area contributed by atoms with E-state index in [4.69, 9.17) is 4.74 Å². The fourth-order valence-electron chi connectivity index (χ4n) is 1.53. The topological polar surface area (TPSA) is 21.3 Å². The van der Waals surface area contributed by atoms with Crippen LogP contribution in [0.3, 0.4) is 0 Å². The molecule has 2 heteroatoms. The van der Waals surface area contributed by atoms with Crippen LogP contribution in [0.1, 0.15) is 18.4 Å². The molecule has 1 aromatic rings. The number of rotatable bonds is 6. The minimum Gasteiger partial charge on any atom is -0.489 e. The number of aryl methyl sites for hydroxylation is 1. The second-order valence-corrected chi connectivity index (χ2v) is 4.46. The molecule has 1 saturated carbocycles. The van der Waals surface area contributed by atoms with Crippen LogP contribution in [0.4, 0.5) is 0 Å². The first-order valence-corrected chi connectivity index (χ1v) is 5.84. The van der Waals surface area contributed by atoms with Crippen LogP contribution in [0.15, 0.2) is 36.4 Å². The molecule has 1 aromatic carbocycles. The highest BCUT2D eigenvalue weighted by atomic mass is 16.5. The Labute approximate surface area is 97.3 Å². The number of hydrogen-bond donors (Lipinski definition) is 1. The van der Waals surface area contributed by atoms with E-state index in [0.29, 0.717) is 6.61 Å². The molecular weight excluding hydrogens is 198 g/mol. The second-order valence-electron chi connectivity index (χ2n) is 4.46. The van der Waals surface area contributed by atoms with Crippen molar-refractivity contribution >= 4 is 0 Å². The molecule has 0 radical (unpaired) electrons. The zero-order valence-corrected chi connectivity index (χ0v) is 9.83. The molecule has 1 aliphatic rings. The first-order valence-electron chi connectivity index (χ1n) is 5.84. The van der Waals surface area contributed by atoms with Crippen molar-refractivity contribution in [1.82, 2.24) is 5.32 Å². The molecule has 0 aliphatic heterocycles. The standard InChI is InChI=1S/C14H19NO/c1-11(9-15-13-7-8-13)10-16-14-6-4-3-5-12(14)2/h3-6,13,15H,1,7-10H2,2H3. The predicted molar refractivity (Wildman–Crippen MR) is 66.8 cm³/mol. The van der Waals surface area contributed by atoms with Gasteiger partial charge in [0.05, 0.1) is 0 Å². The van der Waals surface area contributed by atoms with Gasteiger partial charge in [-0.3, -0.25) is 0 Å². The number of hydrogen-bond acceptors (Lipinski definition) is 2. The van der Waals surface area contributed by atoms with Crippen LogP contribution in [0, 0.1) is 6.92 Å². The van der Waals surface area contributed by atoms with E-state index < -0.39 is 0 Å². The third-order valence-electron chi connectivity index (χ3n) is 2.74. The lowest BCUT2D eigenvalue weighted by Crippen LogP contribution is -2.21. The molecule has 0 spiro atoms. The maximum Gasteiger partial charge on any atom is 0.122 e. The number of ether oxygens (including phenoxy) is 1. The summed E-state index contributed by atoms with van der Waals surface area (Å²) in [6.07, 6.45) is 2.62. The Kier molecular flexibility index (Phi) is 3.62. The Balaban J connectivity index is 1.73. The molecule has 16 heavy (non-hydrogen) atoms. The van der Waals surface area contributed by atoms with Crippen LogP contribution in [-0.2, 0) is 0 Å². The Morgan fingerprint density at radius 1 is 1.44 bits per heavy atom. The van der Waals surface area contributed by atoms with E-state index in [-0.39, 0.29) is 0 Å². The molecule has 0 bridgehead atoms. The lowest BCUT2D eigenvalue weighted by atomic mass is 10.2. The van der Waals surface area contributed by atoms with Gasteiger partial charge in [0.2, 0.25) is 0 Å². The zero-order chi connectivity index (χ0) is 11.4. The van der Waals surface area contributed by atoms with Crippen molar-refractivity contribution in [2.45, 2.75) is 25.8 Å². The molecule has 1 N–H and O–H groups in total. The van der Waals surface area contributed by atoms with Crippen LogP contribution in [0.5, 0.6) is 5.75 Å². The highest BCUT2D eigenvalue weighted by molar-refractivity contribution is 5.32. The molecular formula is C14H19NO. The molecule has 0 atom stereocenters. The summed E-state index contributed by atoms with van der Waals surface area (Å²) in [6.45, 7) is 7.54. The lowest BCUT2D eigenvalue weighted by Gasteiger charge is -2.11. The molecule has 1 aliphatic carbocycles. The van der Waals surface area contributed by atoms with Gasteiger partial charge in [-0.1, -0.05) is 24.8 Å². The fourth-order valence-corrected chi connectivity index (χ4v) is 1.53. The van der Waals surface area contributed by atoms with Gasteiger partial charge in [0.15, 0.2) is 0 Å². The first kappa shape index (κ1) is 11.2. The van der Waals surface area contributed by atoms with E-state index in [0.717, 1.165) is 23.9 Å². The lowest BCUT2D eigenvalue weighted by molar-refractivity contribution is 0.346. The molecule has 0 saturated heterocycles. The summed E-state index contributed by atoms with van der Waals surface area (Å²) < 4.78 is 5.71. The monoisotopic (exact) mass is 217 g/mol. The molecule has 1 fully saturated rings. The van der Waals surface area contributed by atoms with Crippen LogP contribution >= 0.6 is 0 Å². The van der Waals surface area contributed by atoms with E-state index in [1.807, 2.05) is 18.2 Å². The largest absolute Gasteiger partial charge is 0.489 e. The highest BCUT2D eigenvalue weighted by Gasteiger charge is 2.20. The van der Waals surface area contributed by atoms with Crippen LogP contribution in [-0.4, -0.2) is 19.2 Å². The Hall–Kier alpha value is -1.28. The molecule has 2 nitrogen and oxygen atoms in total. The van der Waals surface area contributed by atoms with E-state index in [2.05, 4.69) is 24.9 Å². The van der Waals surface area contributed by atoms with E-state index in [1.165, 1.54) is 18.4 Å². The SMILES string of the molecule is C=C(CNC1CC1)COc1ccccc1C. The van der Waals surface area contributed by atoms with E-state index in [1.54, 1.807) is 0 Å². The molecule has 0 aromatic heterocycles. The summed E-state index contributed by atoms with van der Waals surface area (Å²) in [5.41, 5.74) is 2.28. The maximum atomic E-state index is 5.71. The normalized spacial score (nSPS) is 14.8. The van der Waals surface area contributed by atoms with Crippen molar-refractivity contribution in [1.29, 1.82) is 0 Å². The Bertz CT molecular complexity index is 369. The van der Waals surface area contributed by atoms with Gasteiger partial charge in [0.1, 0.15) is 12.4 Å². The molecule has 0 heterocycles. The van der Waals surface area contributed by atoms with Crippen molar-refractivity contribution in [2.75, 3.05) is 13.2 Å². The van der Waals surface area contributed by atoms with Crippen LogP contribution in [0.2, 0.25) is 0 Å². The van der Waals surface area contributed by atoms with Gasteiger partial charge in [0.25, 0.3) is 0 Å². The highest BCUT2D eigenvalue weighted by Crippen LogP contribution is 2.19. The van der Waals surface area contributed by atoms with Crippen molar-refractivity contribution < 1.29 is 4.74 Å². The van der Waals surface area contributed by atoms with Gasteiger partial charge in [-0.2, -0.15) is 0 Å². The van der Waals surface area contributed by atoms with Crippen molar-refractivity contribution in [3.63, 3.8) is 0 Å². The summed E-state index contributed by atoms with van der Waals surface area (Å²) in [4.78, 5) is 0. The smallest absolute Gasteiger partial charge is 0.122 e. The van der Waals surface area contributed by atoms with Gasteiger partial charge in [-0.05, 0) is 37.0 Å². The van der Waals surface area contributed by atoms with Crippen molar-refractivity contribution in [3.05, 3.63) is 42.0 Å². The number of para-hydroxylation sites is 1. The Morgan fingerprint density at radius 2 is 2.19 bits per heavy atom. The summed E-state index contributed by atoms with van der Waals surface area (Å²) in [7, 11) is 0. The number of nitrogens with one attached hydrogen (secondary N) is 1. The van der Waals surface area contributed by atoms with Gasteiger partial charge < -0.3 is 10.1 Å². The molecule has 86 valence electrons. The van der Waals surface area contributed by atoms with Gasteiger partial charge in [-0.25, -0.2) is 0 Å². The predicted octanol–water partition coefficient (Wildman–Crippen LogP) is 2.68. The van der Waals surface area contributed by atoms with Crippen LogP contribution < -0.4 is 10.1 Å². The van der Waals surface area contributed by atoms with Crippen molar-refractivity contribution in [2.24, 2.45) is 0 Å². The van der Waals surface area contributed by atoms with E-state index in [9.17, 15) is 0 Å². The summed E-state index contributed by atoms with van der Waals surface area (Å²) in [5, 5.41) is 3.43. The van der Waals surface area contributed by atoms with E-state index >= 15 is 0 Å². The average Bonchev–Trinajstić information content (AvgIpc) is 3.09. The molecule has 0 unspecified atom stereocenters. The quantitative estimate of drug-likeness (QED) is 0.740. The first-order chi connectivity index (χ1) is 7.75. The zero-order valence-electron chi connectivity index (χ0n) is 9.83. The van der Waals surface area contributed by atoms with Crippen molar-refractivity contribution in [3.8, 4) is 5.75 Å². The van der Waals surface area contributed by atoms with Gasteiger partial charge in [0, 0.05) is 12.6 Å². The minimum absolute atomic E-state index is 0.602. The fraction of sp³-hybridized carbons (Fsp3) is 0.429. The van der Waals surface area contributed by atoms with Gasteiger partial charge >= 0.3 is 0 Å². The maximum absolute atomic E-state index is 5.71. The number of benzene rings is 1. The summed E-state index contributed by atoms with van der Waals surface area (Å²) >= 11 is 0. The van der Waals surface area contributed by atoms with Crippen LogP contribution in [0.25, 0.3) is 0 Å². The van der Waals surface area contributed by atoms with Gasteiger partial charge in [-0.15, -0.1) is 0 Å². The minimum atomic E-state index is 0.602. The molecule has 2 rings (SSSR count). The Morgan fingerprint density at radius 3 is 2.88 bits per heavy atom. The second kappa shape index (κ2) is 5.17. The average molecular weight is 217 g/mol. The summed E-state index contributed by atoms with van der Waals surface area (Å²) in [6, 6.07) is 8.80. The molecule has 0 amide bonds. The third-order valence-corrected chi connectivity index (χ3v) is 2.74. The third kappa shape index (κ3) is 3.38. The summed E-state index contributed by atoms with van der Waals surface area (Å²) in [5.74, 6) is 0.954.